The Balaban J connectivity index is 1.86. The lowest BCUT2D eigenvalue weighted by molar-refractivity contribution is 0.0941. The van der Waals surface area contributed by atoms with E-state index >= 15 is 0 Å². The van der Waals surface area contributed by atoms with E-state index in [1.807, 2.05) is 43.3 Å². The molecule has 0 fully saturated rings. The Kier molecular flexibility index (Phi) is 5.16. The van der Waals surface area contributed by atoms with Crippen molar-refractivity contribution in [3.05, 3.63) is 57.9 Å². The molecule has 1 N–H and O–H groups in total. The third-order valence-electron chi connectivity index (χ3n) is 3.98. The molecule has 0 bridgehead atoms. The highest BCUT2D eigenvalue weighted by Crippen LogP contribution is 2.39. The molecule has 0 saturated heterocycles. The lowest BCUT2D eigenvalue weighted by Crippen LogP contribution is -2.26. The van der Waals surface area contributed by atoms with Crippen molar-refractivity contribution in [2.24, 2.45) is 0 Å². The van der Waals surface area contributed by atoms with E-state index < -0.39 is 0 Å². The van der Waals surface area contributed by atoms with E-state index in [0.29, 0.717) is 15.6 Å². The molecule has 3 rings (SSSR count). The summed E-state index contributed by atoms with van der Waals surface area (Å²) in [7, 11) is 3.19. The summed E-state index contributed by atoms with van der Waals surface area (Å²) in [6, 6.07) is 13.0. The molecule has 130 valence electrons. The van der Waals surface area contributed by atoms with E-state index in [2.05, 4.69) is 5.32 Å². The second-order valence-electron chi connectivity index (χ2n) is 5.57. The molecule has 0 saturated carbocycles. The number of amides is 1. The molecule has 1 atom stereocenters. The number of carbonyl (C=O) groups is 1. The van der Waals surface area contributed by atoms with Crippen LogP contribution in [0.3, 0.4) is 0 Å². The van der Waals surface area contributed by atoms with Crippen molar-refractivity contribution in [1.29, 1.82) is 0 Å². The summed E-state index contributed by atoms with van der Waals surface area (Å²) in [6.07, 6.45) is 0. The van der Waals surface area contributed by atoms with Gasteiger partial charge in [-0.25, -0.2) is 0 Å². The van der Waals surface area contributed by atoms with Crippen molar-refractivity contribution in [3.63, 3.8) is 0 Å². The van der Waals surface area contributed by atoms with Gasteiger partial charge in [0.05, 0.1) is 20.3 Å². The molecule has 0 aliphatic carbocycles. The van der Waals surface area contributed by atoms with Crippen molar-refractivity contribution < 1.29 is 14.3 Å². The van der Waals surface area contributed by atoms with Crippen molar-refractivity contribution in [2.45, 2.75) is 13.0 Å². The molecule has 6 heteroatoms. The van der Waals surface area contributed by atoms with E-state index in [4.69, 9.17) is 21.1 Å². The van der Waals surface area contributed by atoms with E-state index in [0.717, 1.165) is 21.4 Å². The summed E-state index contributed by atoms with van der Waals surface area (Å²) < 4.78 is 11.5. The fraction of sp³-hybridized carbons (Fsp3) is 0.211. The SMILES string of the molecule is COc1ccc([C@H](C)NC(=O)c2sc3cc(Cl)ccc3c2OC)cc1. The summed E-state index contributed by atoms with van der Waals surface area (Å²) in [4.78, 5) is 13.3. The minimum absolute atomic E-state index is 0.142. The smallest absolute Gasteiger partial charge is 0.265 e. The summed E-state index contributed by atoms with van der Waals surface area (Å²) in [5.41, 5.74) is 0.997. The number of hydrogen-bond donors (Lipinski definition) is 1. The molecule has 2 aromatic carbocycles. The Morgan fingerprint density at radius 1 is 1.12 bits per heavy atom. The first-order valence-corrected chi connectivity index (χ1v) is 8.93. The second kappa shape index (κ2) is 7.33. The van der Waals surface area contributed by atoms with Crippen LogP contribution in [0.25, 0.3) is 10.1 Å². The summed E-state index contributed by atoms with van der Waals surface area (Å²) >= 11 is 7.42. The van der Waals surface area contributed by atoms with Crippen molar-refractivity contribution in [2.75, 3.05) is 14.2 Å². The zero-order valence-corrected chi connectivity index (χ0v) is 15.7. The van der Waals surface area contributed by atoms with Gasteiger partial charge in [0.25, 0.3) is 5.91 Å². The predicted molar refractivity (Wildman–Crippen MR) is 102 cm³/mol. The summed E-state index contributed by atoms with van der Waals surface area (Å²) in [5, 5.41) is 4.54. The number of rotatable bonds is 5. The molecule has 1 aromatic heterocycles. The predicted octanol–water partition coefficient (Wildman–Crippen LogP) is 5.06. The van der Waals surface area contributed by atoms with Gasteiger partial charge in [-0.2, -0.15) is 0 Å². The molecular weight excluding hydrogens is 358 g/mol. The largest absolute Gasteiger partial charge is 0.497 e. The van der Waals surface area contributed by atoms with Crippen molar-refractivity contribution in [3.8, 4) is 11.5 Å². The summed E-state index contributed by atoms with van der Waals surface area (Å²) in [6.45, 7) is 1.94. The molecule has 3 aromatic rings. The third kappa shape index (κ3) is 3.57. The van der Waals surface area contributed by atoms with Gasteiger partial charge in [0.15, 0.2) is 0 Å². The highest BCUT2D eigenvalue weighted by molar-refractivity contribution is 7.21. The number of fused-ring (bicyclic) bond motifs is 1. The standard InChI is InChI=1S/C19H18ClNO3S/c1-11(12-4-7-14(23-2)8-5-12)21-19(22)18-17(24-3)15-9-6-13(20)10-16(15)25-18/h4-11H,1-3H3,(H,21,22)/t11-/m0/s1. The number of halogens is 1. The molecule has 25 heavy (non-hydrogen) atoms. The van der Waals surface area contributed by atoms with Gasteiger partial charge in [-0.15, -0.1) is 11.3 Å². The van der Waals surface area contributed by atoms with Gasteiger partial charge in [0.1, 0.15) is 16.4 Å². The normalized spacial score (nSPS) is 12.0. The Morgan fingerprint density at radius 2 is 1.84 bits per heavy atom. The first kappa shape index (κ1) is 17.6. The maximum absolute atomic E-state index is 12.7. The molecule has 0 radical (unpaired) electrons. The maximum Gasteiger partial charge on any atom is 0.265 e. The zero-order chi connectivity index (χ0) is 18.0. The lowest BCUT2D eigenvalue weighted by Gasteiger charge is -2.14. The van der Waals surface area contributed by atoms with E-state index in [9.17, 15) is 4.79 Å². The first-order chi connectivity index (χ1) is 12.0. The van der Waals surface area contributed by atoms with Gasteiger partial charge in [-0.3, -0.25) is 4.79 Å². The second-order valence-corrected chi connectivity index (χ2v) is 7.06. The van der Waals surface area contributed by atoms with Crippen LogP contribution in [-0.4, -0.2) is 20.1 Å². The molecule has 0 aliphatic rings. The number of nitrogens with one attached hydrogen (secondary N) is 1. The number of benzene rings is 2. The number of methoxy groups -OCH3 is 2. The van der Waals surface area contributed by atoms with Gasteiger partial charge in [0.2, 0.25) is 0 Å². The third-order valence-corrected chi connectivity index (χ3v) is 5.35. The Labute approximate surface area is 155 Å². The van der Waals surface area contributed by atoms with Crippen LogP contribution in [-0.2, 0) is 0 Å². The zero-order valence-electron chi connectivity index (χ0n) is 14.1. The van der Waals surface area contributed by atoms with Crippen LogP contribution in [0.15, 0.2) is 42.5 Å². The topological polar surface area (TPSA) is 47.6 Å². The quantitative estimate of drug-likeness (QED) is 0.677. The minimum atomic E-state index is -0.169. The van der Waals surface area contributed by atoms with Crippen LogP contribution in [0.4, 0.5) is 0 Å². The summed E-state index contributed by atoms with van der Waals surface area (Å²) in [5.74, 6) is 1.19. The Bertz CT molecular complexity index is 905. The van der Waals surface area contributed by atoms with Crippen LogP contribution < -0.4 is 14.8 Å². The van der Waals surface area contributed by atoms with Crippen molar-refractivity contribution >= 4 is 38.9 Å². The highest BCUT2D eigenvalue weighted by Gasteiger charge is 2.21. The van der Waals surface area contributed by atoms with Crippen LogP contribution >= 0.6 is 22.9 Å². The molecule has 0 unspecified atom stereocenters. The van der Waals surface area contributed by atoms with Crippen molar-refractivity contribution in [1.82, 2.24) is 5.32 Å². The number of carbonyl (C=O) groups excluding carboxylic acids is 1. The van der Waals surface area contributed by atoms with Crippen LogP contribution in [0.1, 0.15) is 28.2 Å². The monoisotopic (exact) mass is 375 g/mol. The van der Waals surface area contributed by atoms with E-state index in [-0.39, 0.29) is 11.9 Å². The minimum Gasteiger partial charge on any atom is -0.497 e. The average Bonchev–Trinajstić information content (AvgIpc) is 2.99. The van der Waals surface area contributed by atoms with Gasteiger partial charge in [-0.05, 0) is 42.8 Å². The Hall–Kier alpha value is -2.24. The Morgan fingerprint density at radius 3 is 2.48 bits per heavy atom. The van der Waals surface area contributed by atoms with Crippen LogP contribution in [0.2, 0.25) is 5.02 Å². The number of ether oxygens (including phenoxy) is 2. The van der Waals surface area contributed by atoms with E-state index in [1.54, 1.807) is 20.3 Å². The fourth-order valence-corrected chi connectivity index (χ4v) is 3.99. The highest BCUT2D eigenvalue weighted by atomic mass is 35.5. The maximum atomic E-state index is 12.7. The number of thiophene rings is 1. The average molecular weight is 376 g/mol. The molecule has 0 spiro atoms. The number of hydrogen-bond acceptors (Lipinski definition) is 4. The molecule has 0 aliphatic heterocycles. The van der Waals surface area contributed by atoms with Gasteiger partial charge in [-0.1, -0.05) is 23.7 Å². The van der Waals surface area contributed by atoms with Gasteiger partial charge < -0.3 is 14.8 Å². The molecule has 1 heterocycles. The van der Waals surface area contributed by atoms with Crippen LogP contribution in [0.5, 0.6) is 11.5 Å². The van der Waals surface area contributed by atoms with Gasteiger partial charge in [0, 0.05) is 15.1 Å². The van der Waals surface area contributed by atoms with Gasteiger partial charge >= 0.3 is 0 Å². The lowest BCUT2D eigenvalue weighted by atomic mass is 10.1. The molecular formula is C19H18ClNO3S. The van der Waals surface area contributed by atoms with E-state index in [1.165, 1.54) is 11.3 Å². The molecule has 4 nitrogen and oxygen atoms in total. The molecule has 1 amide bonds. The fourth-order valence-electron chi connectivity index (χ4n) is 2.64. The first-order valence-electron chi connectivity index (χ1n) is 7.74. The van der Waals surface area contributed by atoms with Crippen LogP contribution in [0, 0.1) is 0 Å².